The van der Waals surface area contributed by atoms with Crippen molar-refractivity contribution in [2.45, 2.75) is 108 Å². The molecule has 3 amide bonds. The number of amidine groups is 1. The zero-order chi connectivity index (χ0) is 41.8. The van der Waals surface area contributed by atoms with E-state index in [1.165, 1.54) is 6.20 Å². The molecule has 3 aromatic heterocycles. The van der Waals surface area contributed by atoms with Crippen LogP contribution in [0.4, 0.5) is 26.0 Å². The summed E-state index contributed by atoms with van der Waals surface area (Å²) >= 11 is 0. The minimum atomic E-state index is -2.83. The molecule has 5 aliphatic heterocycles. The molecule has 1 aliphatic carbocycles. The van der Waals surface area contributed by atoms with E-state index in [9.17, 15) is 23.2 Å². The van der Waals surface area contributed by atoms with Crippen LogP contribution in [0.25, 0.3) is 10.9 Å². The highest BCUT2D eigenvalue weighted by Gasteiger charge is 2.41. The lowest BCUT2D eigenvalue weighted by Crippen LogP contribution is -2.42. The highest BCUT2D eigenvalue weighted by molar-refractivity contribution is 6.08. The van der Waals surface area contributed by atoms with Crippen LogP contribution in [0.2, 0.25) is 0 Å². The van der Waals surface area contributed by atoms with Crippen molar-refractivity contribution in [3.63, 3.8) is 0 Å². The number of imide groups is 1. The number of halogens is 2. The summed E-state index contributed by atoms with van der Waals surface area (Å²) in [6.07, 6.45) is 9.98. The summed E-state index contributed by atoms with van der Waals surface area (Å²) in [6.45, 7) is 6.10. The number of likely N-dealkylation sites (tertiary alicyclic amines) is 2. The van der Waals surface area contributed by atoms with Gasteiger partial charge in [-0.05, 0) is 88.8 Å². The Morgan fingerprint density at radius 3 is 2.57 bits per heavy atom. The molecule has 3 atom stereocenters. The number of rotatable bonds is 11. The standard InChI is InChI=1S/C43H54F2N12O4/c1-53-39-30(37(51-53)31-9-10-36(58)50-42(31)59)3-2-4-33(39)46-15-11-25-12-16-54(17-13-25)21-26-5-7-27(8-6-26)57-23-34(38(52-57)40(44)45)48-43(60)32-20-47-56-18-14-35(49-41(32)56)55-22-29-19-28(55)24-61-29/h2-4,20,23,25-29,31,40,46H,5-19,21-22,24H2,1H3,(H,48,60)(H,50,58,59)/t26?,27?,28-,29-,31?/m1/s1. The molecule has 1 saturated carbocycles. The van der Waals surface area contributed by atoms with Gasteiger partial charge in [0.2, 0.25) is 11.8 Å². The fraction of sp³-hybridized carbons (Fsp3) is 0.605. The Bertz CT molecular complexity index is 2340. The summed E-state index contributed by atoms with van der Waals surface area (Å²) in [5, 5.41) is 23.2. The second kappa shape index (κ2) is 16.6. The number of anilines is 2. The van der Waals surface area contributed by atoms with Gasteiger partial charge in [0.15, 0.2) is 11.5 Å². The first-order chi connectivity index (χ1) is 29.6. The number of alkyl halides is 2. The first-order valence-corrected chi connectivity index (χ1v) is 22.1. The maximum absolute atomic E-state index is 14.3. The molecule has 18 heteroatoms. The average molecular weight is 841 g/mol. The number of morpholine rings is 1. The highest BCUT2D eigenvalue weighted by Crippen LogP contribution is 2.38. The lowest BCUT2D eigenvalue weighted by molar-refractivity contribution is -0.134. The van der Waals surface area contributed by atoms with Crippen molar-refractivity contribution in [3.05, 3.63) is 47.5 Å². The van der Waals surface area contributed by atoms with E-state index in [-0.39, 0.29) is 35.2 Å². The van der Waals surface area contributed by atoms with Crippen molar-refractivity contribution >= 4 is 51.7 Å². The van der Waals surface area contributed by atoms with Gasteiger partial charge < -0.3 is 25.2 Å². The van der Waals surface area contributed by atoms with Crippen LogP contribution in [-0.2, 0) is 27.9 Å². The van der Waals surface area contributed by atoms with Crippen LogP contribution in [0, 0.1) is 11.8 Å². The number of nitrogens with zero attached hydrogens (tertiary/aromatic N) is 9. The first-order valence-electron chi connectivity index (χ1n) is 22.1. The van der Waals surface area contributed by atoms with Crippen molar-refractivity contribution in [3.8, 4) is 0 Å². The van der Waals surface area contributed by atoms with Gasteiger partial charge in [-0.25, -0.2) is 18.5 Å². The van der Waals surface area contributed by atoms with Gasteiger partial charge in [0.05, 0.1) is 66.0 Å². The zero-order valence-electron chi connectivity index (χ0n) is 34.6. The molecule has 10 rings (SSSR count). The maximum Gasteiger partial charge on any atom is 0.284 e. The summed E-state index contributed by atoms with van der Waals surface area (Å²) < 4.78 is 39.6. The van der Waals surface area contributed by atoms with Crippen LogP contribution in [-0.4, -0.2) is 114 Å². The second-order valence-electron chi connectivity index (χ2n) is 17.9. The number of carbonyl (C=O) groups is 3. The van der Waals surface area contributed by atoms with E-state index in [1.54, 1.807) is 15.6 Å². The molecular weight excluding hydrogens is 787 g/mol. The lowest BCUT2D eigenvalue weighted by Gasteiger charge is -2.36. The lowest BCUT2D eigenvalue weighted by atomic mass is 9.85. The molecular formula is C43H54F2N12O4. The quantitative estimate of drug-likeness (QED) is 0.164. The van der Waals surface area contributed by atoms with Crippen molar-refractivity contribution in [2.75, 3.05) is 50.0 Å². The minimum Gasteiger partial charge on any atom is -0.383 e. The van der Waals surface area contributed by atoms with Crippen LogP contribution < -0.4 is 16.0 Å². The van der Waals surface area contributed by atoms with E-state index in [0.717, 1.165) is 112 Å². The Balaban J connectivity index is 0.690. The molecule has 8 heterocycles. The van der Waals surface area contributed by atoms with Crippen molar-refractivity contribution < 1.29 is 27.9 Å². The van der Waals surface area contributed by atoms with Gasteiger partial charge in [-0.15, -0.1) is 0 Å². The van der Waals surface area contributed by atoms with Crippen molar-refractivity contribution in [2.24, 2.45) is 23.9 Å². The molecule has 5 fully saturated rings. The smallest absolute Gasteiger partial charge is 0.284 e. The number of hydrogen-bond acceptors (Lipinski definition) is 11. The SMILES string of the molecule is Cn1nc(C2CCC(=O)NC2=O)c2cccc(NCCC3CCN(CC4CCC(n5cc(NC(=O)c6cnn7c6N=C(N6C[C@H]8C[C@@H]6CO8)CC7)c(C(F)F)n5)CC4)CC3)c21. The molecule has 4 aromatic rings. The van der Waals surface area contributed by atoms with E-state index in [2.05, 4.69) is 42.0 Å². The van der Waals surface area contributed by atoms with Crippen LogP contribution in [0.5, 0.6) is 0 Å². The van der Waals surface area contributed by atoms with Crippen LogP contribution >= 0.6 is 0 Å². The predicted octanol–water partition coefficient (Wildman–Crippen LogP) is 5.53. The van der Waals surface area contributed by atoms with E-state index >= 15 is 0 Å². The number of aryl methyl sites for hydroxylation is 2. The van der Waals surface area contributed by atoms with Gasteiger partial charge in [-0.2, -0.15) is 15.3 Å². The number of ether oxygens (including phenoxy) is 1. The molecule has 3 N–H and O–H groups in total. The van der Waals surface area contributed by atoms with Gasteiger partial charge in [0.25, 0.3) is 12.3 Å². The van der Waals surface area contributed by atoms with Gasteiger partial charge in [0, 0.05) is 51.1 Å². The number of amides is 3. The third kappa shape index (κ3) is 7.92. The van der Waals surface area contributed by atoms with E-state index in [0.29, 0.717) is 56.1 Å². The number of aromatic nitrogens is 6. The Morgan fingerprint density at radius 1 is 0.984 bits per heavy atom. The molecule has 16 nitrogen and oxygen atoms in total. The third-order valence-electron chi connectivity index (χ3n) is 14.0. The molecule has 1 aromatic carbocycles. The zero-order valence-corrected chi connectivity index (χ0v) is 34.6. The maximum atomic E-state index is 14.3. The Hall–Kier alpha value is -5.23. The van der Waals surface area contributed by atoms with Gasteiger partial charge in [0.1, 0.15) is 11.4 Å². The van der Waals surface area contributed by atoms with Gasteiger partial charge >= 0.3 is 0 Å². The monoisotopic (exact) mass is 840 g/mol. The molecule has 4 saturated heterocycles. The number of fused-ring (bicyclic) bond motifs is 4. The Morgan fingerprint density at radius 2 is 1.82 bits per heavy atom. The van der Waals surface area contributed by atoms with Crippen LogP contribution in [0.15, 0.2) is 35.6 Å². The molecule has 0 spiro atoms. The van der Waals surface area contributed by atoms with Crippen LogP contribution in [0.1, 0.15) is 111 Å². The number of carbonyl (C=O) groups excluding carboxylic acids is 3. The predicted molar refractivity (Wildman–Crippen MR) is 223 cm³/mol. The minimum absolute atomic E-state index is 0.00492. The summed E-state index contributed by atoms with van der Waals surface area (Å²) in [5.41, 5.74) is 2.56. The third-order valence-corrected chi connectivity index (χ3v) is 14.0. The molecule has 324 valence electrons. The summed E-state index contributed by atoms with van der Waals surface area (Å²) in [6, 6.07) is 6.35. The Labute approximate surface area is 352 Å². The fourth-order valence-electron chi connectivity index (χ4n) is 10.7. The number of nitrogens with one attached hydrogen (secondary N) is 3. The van der Waals surface area contributed by atoms with Gasteiger partial charge in [-0.1, -0.05) is 12.1 Å². The molecule has 0 radical (unpaired) electrons. The number of piperidine rings is 2. The van der Waals surface area contributed by atoms with E-state index < -0.39 is 23.9 Å². The normalized spacial score (nSPS) is 25.9. The Kier molecular flexibility index (Phi) is 10.8. The van der Waals surface area contributed by atoms with Crippen LogP contribution in [0.3, 0.4) is 0 Å². The summed E-state index contributed by atoms with van der Waals surface area (Å²) in [4.78, 5) is 47.6. The number of benzene rings is 1. The molecule has 1 unspecified atom stereocenters. The number of hydrogen-bond donors (Lipinski definition) is 3. The highest BCUT2D eigenvalue weighted by atomic mass is 19.3. The molecule has 6 aliphatic rings. The van der Waals surface area contributed by atoms with Gasteiger partial charge in [-0.3, -0.25) is 29.1 Å². The van der Waals surface area contributed by atoms with E-state index in [1.807, 2.05) is 23.9 Å². The summed E-state index contributed by atoms with van der Waals surface area (Å²) in [7, 11) is 1.90. The number of para-hydroxylation sites is 1. The second-order valence-corrected chi connectivity index (χ2v) is 17.9. The average Bonchev–Trinajstić information content (AvgIpc) is 4.11. The largest absolute Gasteiger partial charge is 0.383 e. The van der Waals surface area contributed by atoms with E-state index in [4.69, 9.17) is 14.8 Å². The fourth-order valence-corrected chi connectivity index (χ4v) is 10.7. The van der Waals surface area contributed by atoms with Crippen molar-refractivity contribution in [1.29, 1.82) is 0 Å². The number of aliphatic imine (C=N–C) groups is 1. The molecule has 2 bridgehead atoms. The first kappa shape index (κ1) is 39.9. The van der Waals surface area contributed by atoms with Crippen molar-refractivity contribution in [1.82, 2.24) is 44.5 Å². The summed E-state index contributed by atoms with van der Waals surface area (Å²) in [5.74, 6) is 1.10. The topological polar surface area (TPSA) is 169 Å². The molecule has 61 heavy (non-hydrogen) atoms.